The van der Waals surface area contributed by atoms with Crippen LogP contribution >= 0.6 is 0 Å². The molecule has 2 saturated heterocycles. The zero-order valence-corrected chi connectivity index (χ0v) is 20.5. The fourth-order valence-electron chi connectivity index (χ4n) is 4.49. The van der Waals surface area contributed by atoms with Crippen LogP contribution in [0.2, 0.25) is 0 Å². The molecule has 2 aliphatic rings. The SMILES string of the molecule is Cn1c(C(C)(C)C)cc(=NC(=O)c2cc(C(F)(F)F)ccc2O[C@@H]2CCOC2)n1C[C@H]1CCCO1. The molecule has 0 radical (unpaired) electrons. The van der Waals surface area contributed by atoms with Crippen molar-refractivity contribution in [3.63, 3.8) is 0 Å². The Bertz CT molecular complexity index is 1130. The second-order valence-corrected chi connectivity index (χ2v) is 10.1. The summed E-state index contributed by atoms with van der Waals surface area (Å²) in [6.45, 7) is 8.14. The second kappa shape index (κ2) is 9.81. The molecular weight excluding hydrogens is 463 g/mol. The summed E-state index contributed by atoms with van der Waals surface area (Å²) < 4.78 is 61.1. The van der Waals surface area contributed by atoms with Crippen LogP contribution in [0.3, 0.4) is 0 Å². The number of ether oxygens (including phenoxy) is 3. The van der Waals surface area contributed by atoms with Crippen LogP contribution in [0.25, 0.3) is 0 Å². The molecule has 1 aromatic carbocycles. The third kappa shape index (κ3) is 5.81. The summed E-state index contributed by atoms with van der Waals surface area (Å²) in [5, 5.41) is 0. The predicted octanol–water partition coefficient (Wildman–Crippen LogP) is 4.23. The van der Waals surface area contributed by atoms with Gasteiger partial charge in [-0.05, 0) is 31.0 Å². The lowest BCUT2D eigenvalue weighted by Gasteiger charge is -2.21. The Morgan fingerprint density at radius 3 is 2.54 bits per heavy atom. The van der Waals surface area contributed by atoms with Crippen LogP contribution in [0.15, 0.2) is 29.3 Å². The van der Waals surface area contributed by atoms with Gasteiger partial charge in [0, 0.05) is 37.3 Å². The molecule has 0 spiro atoms. The molecule has 1 aromatic heterocycles. The predicted molar refractivity (Wildman–Crippen MR) is 122 cm³/mol. The van der Waals surface area contributed by atoms with Crippen LogP contribution in [-0.4, -0.2) is 47.3 Å². The molecule has 0 N–H and O–H groups in total. The van der Waals surface area contributed by atoms with E-state index in [2.05, 4.69) is 4.99 Å². The molecule has 2 aliphatic heterocycles. The lowest BCUT2D eigenvalue weighted by Crippen LogP contribution is -2.30. The van der Waals surface area contributed by atoms with Crippen molar-refractivity contribution in [2.24, 2.45) is 12.0 Å². The van der Waals surface area contributed by atoms with E-state index in [0.29, 0.717) is 38.3 Å². The first-order valence-electron chi connectivity index (χ1n) is 11.9. The first kappa shape index (κ1) is 25.5. The first-order chi connectivity index (χ1) is 16.4. The maximum atomic E-state index is 13.4. The van der Waals surface area contributed by atoms with Crippen LogP contribution in [0.5, 0.6) is 5.75 Å². The largest absolute Gasteiger partial charge is 0.487 e. The van der Waals surface area contributed by atoms with Gasteiger partial charge in [0.15, 0.2) is 5.49 Å². The number of alkyl halides is 3. The number of amides is 1. The monoisotopic (exact) mass is 495 g/mol. The van der Waals surface area contributed by atoms with Gasteiger partial charge in [0.05, 0.1) is 37.0 Å². The average molecular weight is 496 g/mol. The van der Waals surface area contributed by atoms with E-state index in [0.717, 1.165) is 30.7 Å². The Kier molecular flexibility index (Phi) is 7.15. The molecular formula is C25H32F3N3O4. The molecule has 2 fully saturated rings. The molecule has 0 aliphatic carbocycles. The van der Waals surface area contributed by atoms with E-state index in [9.17, 15) is 18.0 Å². The molecule has 2 atom stereocenters. The Balaban J connectivity index is 1.78. The minimum Gasteiger partial charge on any atom is -0.487 e. The lowest BCUT2D eigenvalue weighted by molar-refractivity contribution is -0.137. The molecule has 192 valence electrons. The smallest absolute Gasteiger partial charge is 0.416 e. The summed E-state index contributed by atoms with van der Waals surface area (Å²) in [7, 11) is 1.89. The highest BCUT2D eigenvalue weighted by Crippen LogP contribution is 2.33. The Morgan fingerprint density at radius 1 is 1.17 bits per heavy atom. The maximum absolute atomic E-state index is 13.4. The highest BCUT2D eigenvalue weighted by molar-refractivity contribution is 5.97. The summed E-state index contributed by atoms with van der Waals surface area (Å²) in [6, 6.07) is 4.73. The van der Waals surface area contributed by atoms with Crippen molar-refractivity contribution < 1.29 is 32.2 Å². The number of hydrogen-bond donors (Lipinski definition) is 0. The van der Waals surface area contributed by atoms with Gasteiger partial charge in [-0.3, -0.25) is 14.2 Å². The van der Waals surface area contributed by atoms with Crippen LogP contribution in [0, 0.1) is 0 Å². The number of carbonyl (C=O) groups is 1. The van der Waals surface area contributed by atoms with Crippen molar-refractivity contribution in [1.29, 1.82) is 0 Å². The van der Waals surface area contributed by atoms with Gasteiger partial charge in [0.25, 0.3) is 5.91 Å². The van der Waals surface area contributed by atoms with Gasteiger partial charge in [-0.15, -0.1) is 0 Å². The van der Waals surface area contributed by atoms with Gasteiger partial charge in [-0.1, -0.05) is 20.8 Å². The molecule has 0 unspecified atom stereocenters. The summed E-state index contributed by atoms with van der Waals surface area (Å²) >= 11 is 0. The number of rotatable bonds is 5. The highest BCUT2D eigenvalue weighted by atomic mass is 19.4. The lowest BCUT2D eigenvalue weighted by atomic mass is 9.92. The van der Waals surface area contributed by atoms with E-state index in [1.807, 2.05) is 43.2 Å². The van der Waals surface area contributed by atoms with Crippen molar-refractivity contribution >= 4 is 5.91 Å². The van der Waals surface area contributed by atoms with E-state index >= 15 is 0 Å². The van der Waals surface area contributed by atoms with Gasteiger partial charge < -0.3 is 14.2 Å². The van der Waals surface area contributed by atoms with Gasteiger partial charge in [0.1, 0.15) is 11.9 Å². The number of halogens is 3. The normalized spacial score (nSPS) is 21.6. The molecule has 7 nitrogen and oxygen atoms in total. The Hall–Kier alpha value is -2.59. The van der Waals surface area contributed by atoms with Crippen molar-refractivity contribution in [3.05, 3.63) is 46.6 Å². The molecule has 1 amide bonds. The van der Waals surface area contributed by atoms with Gasteiger partial charge in [-0.2, -0.15) is 18.2 Å². The number of hydrogen-bond acceptors (Lipinski definition) is 4. The standard InChI is InChI=1S/C25H32F3N3O4/c1-24(2,3)21-13-22(31(30(21)4)14-17-6-5-10-34-17)29-23(32)19-12-16(25(26,27)28)7-8-20(19)35-18-9-11-33-15-18/h7-8,12-13,17-18H,5-6,9-11,14-15H2,1-4H3/t17-,18-/m1/s1. The zero-order chi connectivity index (χ0) is 25.4. The number of nitrogens with zero attached hydrogens (tertiary/aromatic N) is 3. The second-order valence-electron chi connectivity index (χ2n) is 10.1. The molecule has 0 bridgehead atoms. The summed E-state index contributed by atoms with van der Waals surface area (Å²) in [4.78, 5) is 17.6. The average Bonchev–Trinajstić information content (AvgIpc) is 3.52. The molecule has 3 heterocycles. The fraction of sp³-hybridized carbons (Fsp3) is 0.600. The van der Waals surface area contributed by atoms with Gasteiger partial charge >= 0.3 is 6.18 Å². The molecule has 2 aromatic rings. The molecule has 0 saturated carbocycles. The summed E-state index contributed by atoms with van der Waals surface area (Å²) in [5.74, 6) is -0.725. The number of carbonyl (C=O) groups excluding carboxylic acids is 1. The van der Waals surface area contributed by atoms with E-state index < -0.39 is 17.6 Å². The first-order valence-corrected chi connectivity index (χ1v) is 11.9. The molecule has 10 heteroatoms. The van der Waals surface area contributed by atoms with Crippen molar-refractivity contribution in [1.82, 2.24) is 9.36 Å². The van der Waals surface area contributed by atoms with E-state index in [1.165, 1.54) is 6.07 Å². The fourth-order valence-corrected chi connectivity index (χ4v) is 4.49. The quantitative estimate of drug-likeness (QED) is 0.623. The summed E-state index contributed by atoms with van der Waals surface area (Å²) in [5.41, 5.74) is -0.0916. The third-order valence-electron chi connectivity index (χ3n) is 6.34. The van der Waals surface area contributed by atoms with Gasteiger partial charge in [-0.25, -0.2) is 0 Å². The Morgan fingerprint density at radius 2 is 1.94 bits per heavy atom. The molecule has 35 heavy (non-hydrogen) atoms. The number of aromatic nitrogens is 2. The minimum atomic E-state index is -4.60. The van der Waals surface area contributed by atoms with E-state index in [1.54, 1.807) is 0 Å². The minimum absolute atomic E-state index is 0.0136. The van der Waals surface area contributed by atoms with Crippen LogP contribution in [-0.2, 0) is 34.7 Å². The van der Waals surface area contributed by atoms with Gasteiger partial charge in [0.2, 0.25) is 0 Å². The maximum Gasteiger partial charge on any atom is 0.416 e. The van der Waals surface area contributed by atoms with Crippen molar-refractivity contribution in [3.8, 4) is 5.75 Å². The van der Waals surface area contributed by atoms with Crippen molar-refractivity contribution in [2.75, 3.05) is 19.8 Å². The van der Waals surface area contributed by atoms with Crippen LogP contribution in [0.1, 0.15) is 61.6 Å². The molecule has 4 rings (SSSR count). The number of benzene rings is 1. The van der Waals surface area contributed by atoms with Crippen LogP contribution in [0.4, 0.5) is 13.2 Å². The van der Waals surface area contributed by atoms with Crippen LogP contribution < -0.4 is 10.2 Å². The van der Waals surface area contributed by atoms with E-state index in [4.69, 9.17) is 14.2 Å². The summed E-state index contributed by atoms with van der Waals surface area (Å²) in [6.07, 6.45) is -2.49. The Labute approximate surface area is 202 Å². The van der Waals surface area contributed by atoms with E-state index in [-0.39, 0.29) is 28.9 Å². The van der Waals surface area contributed by atoms with Crippen molar-refractivity contribution in [2.45, 2.75) is 70.4 Å². The highest BCUT2D eigenvalue weighted by Gasteiger charge is 2.33. The topological polar surface area (TPSA) is 67.0 Å². The zero-order valence-electron chi connectivity index (χ0n) is 20.5. The third-order valence-corrected chi connectivity index (χ3v) is 6.34.